The van der Waals surface area contributed by atoms with Crippen LogP contribution < -0.4 is 10.1 Å². The molecule has 0 unspecified atom stereocenters. The van der Waals surface area contributed by atoms with E-state index < -0.39 is 23.8 Å². The number of unbranched alkanes of at least 4 members (excludes halogenated alkanes) is 1. The first-order valence-electron chi connectivity index (χ1n) is 8.71. The van der Waals surface area contributed by atoms with Crippen LogP contribution >= 0.6 is 11.6 Å². The molecule has 25 heavy (non-hydrogen) atoms. The van der Waals surface area contributed by atoms with Gasteiger partial charge in [-0.1, -0.05) is 31.5 Å². The van der Waals surface area contributed by atoms with Crippen LogP contribution in [0, 0.1) is 0 Å². The lowest BCUT2D eigenvalue weighted by molar-refractivity contribution is 0.0439. The molecule has 6 heteroatoms. The number of alkyl halides is 1. The van der Waals surface area contributed by atoms with E-state index in [1.54, 1.807) is 20.8 Å². The lowest BCUT2D eigenvalue weighted by atomic mass is 10.0. The normalized spacial score (nSPS) is 13.8. The van der Waals surface area contributed by atoms with Crippen LogP contribution in [-0.2, 0) is 11.2 Å². The zero-order chi connectivity index (χ0) is 18.9. The van der Waals surface area contributed by atoms with E-state index in [9.17, 15) is 9.90 Å². The average molecular weight is 372 g/mol. The molecule has 2 N–H and O–H groups in total. The number of para-hydroxylation sites is 1. The van der Waals surface area contributed by atoms with Gasteiger partial charge in [-0.15, -0.1) is 11.6 Å². The monoisotopic (exact) mass is 371 g/mol. The van der Waals surface area contributed by atoms with Gasteiger partial charge in [0.1, 0.15) is 11.4 Å². The van der Waals surface area contributed by atoms with Gasteiger partial charge in [0.25, 0.3) is 0 Å². The summed E-state index contributed by atoms with van der Waals surface area (Å²) in [6, 6.07) is 7.05. The van der Waals surface area contributed by atoms with Crippen molar-refractivity contribution in [3.63, 3.8) is 0 Å². The van der Waals surface area contributed by atoms with Crippen LogP contribution in [0.15, 0.2) is 24.3 Å². The van der Waals surface area contributed by atoms with Crippen molar-refractivity contribution in [2.75, 3.05) is 12.5 Å². The van der Waals surface area contributed by atoms with E-state index in [0.29, 0.717) is 13.0 Å². The van der Waals surface area contributed by atoms with Crippen molar-refractivity contribution < 1.29 is 19.4 Å². The second-order valence-electron chi connectivity index (χ2n) is 6.99. The maximum atomic E-state index is 12.1. The largest absolute Gasteiger partial charge is 0.493 e. The molecule has 142 valence electrons. The van der Waals surface area contributed by atoms with Gasteiger partial charge in [-0.2, -0.15) is 0 Å². The Hall–Kier alpha value is -1.46. The van der Waals surface area contributed by atoms with Gasteiger partial charge < -0.3 is 19.9 Å². The third-order valence-corrected chi connectivity index (χ3v) is 3.81. The van der Waals surface area contributed by atoms with Crippen LogP contribution in [0.2, 0.25) is 0 Å². The lowest BCUT2D eigenvalue weighted by Crippen LogP contribution is -2.47. The number of nitrogens with one attached hydrogen (secondary N) is 1. The van der Waals surface area contributed by atoms with Crippen molar-refractivity contribution in [1.29, 1.82) is 0 Å². The maximum Gasteiger partial charge on any atom is 0.407 e. The fourth-order valence-corrected chi connectivity index (χ4v) is 2.44. The summed E-state index contributed by atoms with van der Waals surface area (Å²) >= 11 is 5.80. The molecule has 1 amide bonds. The molecule has 1 aromatic carbocycles. The number of hydrogen-bond donors (Lipinski definition) is 2. The zero-order valence-electron chi connectivity index (χ0n) is 15.5. The van der Waals surface area contributed by atoms with E-state index in [2.05, 4.69) is 12.2 Å². The van der Waals surface area contributed by atoms with Crippen molar-refractivity contribution in [1.82, 2.24) is 5.32 Å². The Kier molecular flexibility index (Phi) is 9.08. The SMILES string of the molecule is CCCCOc1ccccc1C[C@@H](NC(=O)OC(C)(C)C)[C@H](O)CCl. The fourth-order valence-electron chi connectivity index (χ4n) is 2.23. The Morgan fingerprint density at radius 2 is 2.00 bits per heavy atom. The van der Waals surface area contributed by atoms with Crippen LogP contribution in [0.4, 0.5) is 4.79 Å². The van der Waals surface area contributed by atoms with Gasteiger partial charge >= 0.3 is 6.09 Å². The number of amides is 1. The highest BCUT2D eigenvalue weighted by Crippen LogP contribution is 2.21. The Morgan fingerprint density at radius 3 is 2.60 bits per heavy atom. The molecule has 0 saturated carbocycles. The molecule has 0 fully saturated rings. The van der Waals surface area contributed by atoms with Crippen molar-refractivity contribution in [2.24, 2.45) is 0 Å². The molecule has 0 heterocycles. The molecule has 0 spiro atoms. The first-order chi connectivity index (χ1) is 11.8. The first-order valence-corrected chi connectivity index (χ1v) is 9.24. The summed E-state index contributed by atoms with van der Waals surface area (Å²) in [6.07, 6.45) is 0.952. The summed E-state index contributed by atoms with van der Waals surface area (Å²) in [5.74, 6) is 0.771. The lowest BCUT2D eigenvalue weighted by Gasteiger charge is -2.26. The van der Waals surface area contributed by atoms with E-state index >= 15 is 0 Å². The van der Waals surface area contributed by atoms with Crippen LogP contribution in [-0.4, -0.2) is 41.4 Å². The van der Waals surface area contributed by atoms with Gasteiger partial charge in [-0.3, -0.25) is 0 Å². The van der Waals surface area contributed by atoms with E-state index in [-0.39, 0.29) is 5.88 Å². The molecule has 0 radical (unpaired) electrons. The summed E-state index contributed by atoms with van der Waals surface area (Å²) in [5.41, 5.74) is 0.297. The average Bonchev–Trinajstić information content (AvgIpc) is 2.53. The Labute approximate surface area is 155 Å². The summed E-state index contributed by atoms with van der Waals surface area (Å²) < 4.78 is 11.1. The number of aliphatic hydroxyl groups is 1. The van der Waals surface area contributed by atoms with Gasteiger partial charge in [-0.05, 0) is 45.2 Å². The highest BCUT2D eigenvalue weighted by Gasteiger charge is 2.25. The van der Waals surface area contributed by atoms with Gasteiger partial charge in [0.05, 0.1) is 24.6 Å². The molecule has 0 saturated heterocycles. The minimum absolute atomic E-state index is 0.0132. The number of ether oxygens (including phenoxy) is 2. The van der Waals surface area contributed by atoms with Crippen molar-refractivity contribution in [2.45, 2.75) is 64.7 Å². The van der Waals surface area contributed by atoms with Crippen LogP contribution in [0.5, 0.6) is 5.75 Å². The minimum Gasteiger partial charge on any atom is -0.493 e. The molecule has 5 nitrogen and oxygen atoms in total. The fraction of sp³-hybridized carbons (Fsp3) is 0.632. The zero-order valence-corrected chi connectivity index (χ0v) is 16.3. The molecule has 0 bridgehead atoms. The maximum absolute atomic E-state index is 12.1. The second kappa shape index (κ2) is 10.5. The standard InChI is InChI=1S/C19H30ClNO4/c1-5-6-11-24-17-10-8-7-9-14(17)12-15(16(22)13-20)21-18(23)25-19(2,3)4/h7-10,15-16,22H,5-6,11-13H2,1-4H3,(H,21,23)/t15-,16-/m1/s1. The Morgan fingerprint density at radius 1 is 1.32 bits per heavy atom. The van der Waals surface area contributed by atoms with Crippen molar-refractivity contribution in [3.8, 4) is 5.75 Å². The summed E-state index contributed by atoms with van der Waals surface area (Å²) in [4.78, 5) is 12.1. The first kappa shape index (κ1) is 21.6. The molecule has 0 aliphatic rings. The number of carbonyl (C=O) groups excluding carboxylic acids is 1. The van der Waals surface area contributed by atoms with Crippen LogP contribution in [0.25, 0.3) is 0 Å². The number of carbonyl (C=O) groups is 1. The number of aliphatic hydroxyl groups excluding tert-OH is 1. The third kappa shape index (κ3) is 8.45. The van der Waals surface area contributed by atoms with Crippen LogP contribution in [0.3, 0.4) is 0 Å². The number of hydrogen-bond acceptors (Lipinski definition) is 4. The van der Waals surface area contributed by atoms with Gasteiger partial charge in [-0.25, -0.2) is 4.79 Å². The predicted molar refractivity (Wildman–Crippen MR) is 100 cm³/mol. The molecule has 2 atom stereocenters. The highest BCUT2D eigenvalue weighted by molar-refractivity contribution is 6.18. The molecule has 0 aliphatic carbocycles. The molecule has 0 aromatic heterocycles. The smallest absolute Gasteiger partial charge is 0.407 e. The summed E-state index contributed by atoms with van der Waals surface area (Å²) in [5, 5.41) is 12.9. The molecule has 1 rings (SSSR count). The van der Waals surface area contributed by atoms with E-state index in [0.717, 1.165) is 24.2 Å². The van der Waals surface area contributed by atoms with Crippen molar-refractivity contribution in [3.05, 3.63) is 29.8 Å². The highest BCUT2D eigenvalue weighted by atomic mass is 35.5. The molecule has 0 aliphatic heterocycles. The number of alkyl carbamates (subject to hydrolysis) is 1. The summed E-state index contributed by atoms with van der Waals surface area (Å²) in [7, 11) is 0. The van der Waals surface area contributed by atoms with Crippen LogP contribution in [0.1, 0.15) is 46.1 Å². The van der Waals surface area contributed by atoms with E-state index in [4.69, 9.17) is 21.1 Å². The third-order valence-electron chi connectivity index (χ3n) is 3.49. The predicted octanol–water partition coefficient (Wildman–Crippen LogP) is 3.90. The molecular formula is C19H30ClNO4. The quantitative estimate of drug-likeness (QED) is 0.510. The van der Waals surface area contributed by atoms with Gasteiger partial charge in [0, 0.05) is 0 Å². The summed E-state index contributed by atoms with van der Waals surface area (Å²) in [6.45, 7) is 8.10. The number of halogens is 1. The minimum atomic E-state index is -0.891. The Balaban J connectivity index is 2.83. The Bertz CT molecular complexity index is 530. The van der Waals surface area contributed by atoms with Gasteiger partial charge in [0.15, 0.2) is 0 Å². The number of benzene rings is 1. The number of rotatable bonds is 9. The molecular weight excluding hydrogens is 342 g/mol. The topological polar surface area (TPSA) is 67.8 Å². The molecule has 1 aromatic rings. The van der Waals surface area contributed by atoms with E-state index in [1.807, 2.05) is 24.3 Å². The van der Waals surface area contributed by atoms with Crippen molar-refractivity contribution >= 4 is 17.7 Å². The van der Waals surface area contributed by atoms with E-state index in [1.165, 1.54) is 0 Å². The second-order valence-corrected chi connectivity index (χ2v) is 7.30. The van der Waals surface area contributed by atoms with Gasteiger partial charge in [0.2, 0.25) is 0 Å².